The van der Waals surface area contributed by atoms with E-state index < -0.39 is 0 Å². The molecule has 0 radical (unpaired) electrons. The van der Waals surface area contributed by atoms with Gasteiger partial charge in [0.2, 0.25) is 0 Å². The second kappa shape index (κ2) is 5.53. The SMILES string of the molecule is Oc1ccc(CNc2cccc(-n3cccc3)c2)cc1. The third kappa shape index (κ3) is 2.83. The first-order valence-corrected chi connectivity index (χ1v) is 6.56. The fraction of sp³-hybridized carbons (Fsp3) is 0.0588. The number of anilines is 1. The van der Waals surface area contributed by atoms with Crippen LogP contribution in [-0.4, -0.2) is 9.67 Å². The minimum atomic E-state index is 0.295. The van der Waals surface area contributed by atoms with Crippen molar-refractivity contribution in [3.63, 3.8) is 0 Å². The Labute approximate surface area is 118 Å². The third-order valence-corrected chi connectivity index (χ3v) is 3.18. The summed E-state index contributed by atoms with van der Waals surface area (Å²) in [6.45, 7) is 0.732. The molecular weight excluding hydrogens is 248 g/mol. The maximum absolute atomic E-state index is 9.26. The van der Waals surface area contributed by atoms with Crippen molar-refractivity contribution in [1.82, 2.24) is 4.57 Å². The molecule has 2 aromatic carbocycles. The molecule has 0 saturated heterocycles. The Hall–Kier alpha value is -2.68. The Morgan fingerprint density at radius 3 is 2.40 bits per heavy atom. The predicted molar refractivity (Wildman–Crippen MR) is 81.2 cm³/mol. The van der Waals surface area contributed by atoms with Crippen molar-refractivity contribution in [3.8, 4) is 11.4 Å². The van der Waals surface area contributed by atoms with Crippen molar-refractivity contribution in [2.75, 3.05) is 5.32 Å². The highest BCUT2D eigenvalue weighted by Crippen LogP contribution is 2.16. The van der Waals surface area contributed by atoms with Crippen LogP contribution in [0.15, 0.2) is 73.1 Å². The first kappa shape index (κ1) is 12.4. The third-order valence-electron chi connectivity index (χ3n) is 3.18. The molecule has 0 atom stereocenters. The number of nitrogens with one attached hydrogen (secondary N) is 1. The van der Waals surface area contributed by atoms with Crippen molar-refractivity contribution in [2.24, 2.45) is 0 Å². The molecule has 1 aromatic heterocycles. The quantitative estimate of drug-likeness (QED) is 0.752. The number of rotatable bonds is 4. The van der Waals surface area contributed by atoms with Gasteiger partial charge in [-0.1, -0.05) is 18.2 Å². The average molecular weight is 264 g/mol. The number of benzene rings is 2. The van der Waals surface area contributed by atoms with Crippen molar-refractivity contribution < 1.29 is 5.11 Å². The maximum Gasteiger partial charge on any atom is 0.115 e. The lowest BCUT2D eigenvalue weighted by atomic mass is 10.2. The first-order valence-electron chi connectivity index (χ1n) is 6.56. The van der Waals surface area contributed by atoms with Gasteiger partial charge < -0.3 is 15.0 Å². The van der Waals surface area contributed by atoms with Gasteiger partial charge in [0.15, 0.2) is 0 Å². The van der Waals surface area contributed by atoms with Gasteiger partial charge in [-0.3, -0.25) is 0 Å². The van der Waals surface area contributed by atoms with Crippen molar-refractivity contribution in [2.45, 2.75) is 6.54 Å². The molecule has 3 aromatic rings. The molecule has 0 aliphatic rings. The van der Waals surface area contributed by atoms with E-state index in [1.54, 1.807) is 12.1 Å². The fourth-order valence-corrected chi connectivity index (χ4v) is 2.10. The summed E-state index contributed by atoms with van der Waals surface area (Å²) in [6, 6.07) is 19.5. The van der Waals surface area contributed by atoms with Crippen LogP contribution in [0.4, 0.5) is 5.69 Å². The zero-order valence-corrected chi connectivity index (χ0v) is 11.0. The van der Waals surface area contributed by atoms with E-state index >= 15 is 0 Å². The van der Waals surface area contributed by atoms with Crippen LogP contribution in [-0.2, 0) is 6.54 Å². The minimum absolute atomic E-state index is 0.295. The Morgan fingerprint density at radius 1 is 0.900 bits per heavy atom. The number of aromatic nitrogens is 1. The summed E-state index contributed by atoms with van der Waals surface area (Å²) in [4.78, 5) is 0. The van der Waals surface area contributed by atoms with Crippen molar-refractivity contribution in [3.05, 3.63) is 78.6 Å². The largest absolute Gasteiger partial charge is 0.508 e. The molecule has 0 amide bonds. The molecule has 0 unspecified atom stereocenters. The van der Waals surface area contributed by atoms with Crippen LogP contribution in [0.2, 0.25) is 0 Å². The number of phenolic OH excluding ortho intramolecular Hbond substituents is 1. The Kier molecular flexibility index (Phi) is 3.42. The monoisotopic (exact) mass is 264 g/mol. The number of hydrogen-bond acceptors (Lipinski definition) is 2. The van der Waals surface area contributed by atoms with Crippen LogP contribution in [0.1, 0.15) is 5.56 Å². The first-order chi connectivity index (χ1) is 9.81. The molecule has 0 spiro atoms. The molecule has 0 fully saturated rings. The lowest BCUT2D eigenvalue weighted by Crippen LogP contribution is -2.00. The van der Waals surface area contributed by atoms with Gasteiger partial charge in [-0.15, -0.1) is 0 Å². The van der Waals surface area contributed by atoms with Gasteiger partial charge in [0.25, 0.3) is 0 Å². The summed E-state index contributed by atoms with van der Waals surface area (Å²) in [6.07, 6.45) is 4.05. The molecule has 20 heavy (non-hydrogen) atoms. The van der Waals surface area contributed by atoms with Gasteiger partial charge >= 0.3 is 0 Å². The number of aromatic hydroxyl groups is 1. The summed E-state index contributed by atoms with van der Waals surface area (Å²) < 4.78 is 2.08. The van der Waals surface area contributed by atoms with Gasteiger partial charge in [-0.2, -0.15) is 0 Å². The highest BCUT2D eigenvalue weighted by atomic mass is 16.3. The van der Waals surface area contributed by atoms with E-state index in [1.807, 2.05) is 48.8 Å². The lowest BCUT2D eigenvalue weighted by Gasteiger charge is -2.09. The van der Waals surface area contributed by atoms with Crippen LogP contribution in [0.25, 0.3) is 5.69 Å². The number of nitrogens with zero attached hydrogens (tertiary/aromatic N) is 1. The van der Waals surface area contributed by atoms with Crippen LogP contribution in [0.5, 0.6) is 5.75 Å². The highest BCUT2D eigenvalue weighted by Gasteiger charge is 1.98. The second-order valence-electron chi connectivity index (χ2n) is 4.66. The van der Waals surface area contributed by atoms with Crippen LogP contribution >= 0.6 is 0 Å². The zero-order chi connectivity index (χ0) is 13.8. The van der Waals surface area contributed by atoms with E-state index in [1.165, 1.54) is 0 Å². The van der Waals surface area contributed by atoms with Gasteiger partial charge in [0.1, 0.15) is 5.75 Å². The Bertz CT molecular complexity index is 672. The molecule has 1 heterocycles. The zero-order valence-electron chi connectivity index (χ0n) is 11.0. The molecule has 0 bridgehead atoms. The predicted octanol–water partition coefficient (Wildman–Crippen LogP) is 3.80. The van der Waals surface area contributed by atoms with Crippen molar-refractivity contribution >= 4 is 5.69 Å². The Balaban J connectivity index is 1.72. The van der Waals surface area contributed by atoms with Crippen LogP contribution in [0, 0.1) is 0 Å². The molecule has 3 heteroatoms. The van der Waals surface area contributed by atoms with E-state index in [-0.39, 0.29) is 0 Å². The van der Waals surface area contributed by atoms with Crippen LogP contribution < -0.4 is 5.32 Å². The fourth-order valence-electron chi connectivity index (χ4n) is 2.10. The lowest BCUT2D eigenvalue weighted by molar-refractivity contribution is 0.475. The second-order valence-corrected chi connectivity index (χ2v) is 4.66. The normalized spacial score (nSPS) is 10.4. The smallest absolute Gasteiger partial charge is 0.115 e. The molecule has 0 saturated carbocycles. The summed E-state index contributed by atoms with van der Waals surface area (Å²) in [7, 11) is 0. The maximum atomic E-state index is 9.26. The molecule has 3 nitrogen and oxygen atoms in total. The van der Waals surface area contributed by atoms with E-state index in [0.717, 1.165) is 23.5 Å². The molecule has 100 valence electrons. The van der Waals surface area contributed by atoms with Crippen LogP contribution in [0.3, 0.4) is 0 Å². The van der Waals surface area contributed by atoms with E-state index in [4.69, 9.17) is 0 Å². The van der Waals surface area contributed by atoms with E-state index in [2.05, 4.69) is 22.0 Å². The highest BCUT2D eigenvalue weighted by molar-refractivity contribution is 5.51. The van der Waals surface area contributed by atoms with Crippen molar-refractivity contribution in [1.29, 1.82) is 0 Å². The molecule has 3 rings (SSSR count). The standard InChI is InChI=1S/C17H16N2O/c20-17-8-6-14(7-9-17)13-18-15-4-3-5-16(12-15)19-10-1-2-11-19/h1-12,18,20H,13H2. The minimum Gasteiger partial charge on any atom is -0.508 e. The van der Waals surface area contributed by atoms with Gasteiger partial charge in [0, 0.05) is 30.3 Å². The summed E-state index contributed by atoms with van der Waals surface area (Å²) in [5, 5.41) is 12.6. The van der Waals surface area contributed by atoms with E-state index in [9.17, 15) is 5.11 Å². The topological polar surface area (TPSA) is 37.2 Å². The number of phenols is 1. The summed E-state index contributed by atoms with van der Waals surface area (Å²) in [5.41, 5.74) is 3.34. The van der Waals surface area contributed by atoms with Gasteiger partial charge in [0.05, 0.1) is 0 Å². The molecule has 0 aliphatic heterocycles. The Morgan fingerprint density at radius 2 is 1.65 bits per heavy atom. The van der Waals surface area contributed by atoms with Gasteiger partial charge in [-0.05, 0) is 48.0 Å². The summed E-state index contributed by atoms with van der Waals surface area (Å²) >= 11 is 0. The molecular formula is C17H16N2O. The number of hydrogen-bond donors (Lipinski definition) is 2. The van der Waals surface area contributed by atoms with Gasteiger partial charge in [-0.25, -0.2) is 0 Å². The van der Waals surface area contributed by atoms with E-state index in [0.29, 0.717) is 5.75 Å². The summed E-state index contributed by atoms with van der Waals surface area (Å²) in [5.74, 6) is 0.295. The molecule has 2 N–H and O–H groups in total. The average Bonchev–Trinajstić information content (AvgIpc) is 3.01. The molecule has 0 aliphatic carbocycles.